The van der Waals surface area contributed by atoms with Crippen molar-refractivity contribution in [3.05, 3.63) is 41.7 Å². The number of benzene rings is 1. The van der Waals surface area contributed by atoms with Crippen LogP contribution in [0.5, 0.6) is 5.75 Å². The highest BCUT2D eigenvalue weighted by atomic mass is 16.5. The van der Waals surface area contributed by atoms with Crippen LogP contribution in [-0.4, -0.2) is 33.2 Å². The zero-order valence-electron chi connectivity index (χ0n) is 11.5. The van der Waals surface area contributed by atoms with Crippen molar-refractivity contribution in [2.75, 3.05) is 7.11 Å². The van der Waals surface area contributed by atoms with Crippen LogP contribution < -0.4 is 4.74 Å². The highest BCUT2D eigenvalue weighted by Crippen LogP contribution is 2.22. The third-order valence-electron chi connectivity index (χ3n) is 3.11. The molecule has 0 saturated carbocycles. The summed E-state index contributed by atoms with van der Waals surface area (Å²) in [6.07, 6.45) is 2.48. The largest absolute Gasteiger partial charge is 0.496 e. The fourth-order valence-electron chi connectivity index (χ4n) is 2.13. The number of carboxylic acid groups (broad SMARTS) is 1. The lowest BCUT2D eigenvalue weighted by atomic mass is 9.94. The summed E-state index contributed by atoms with van der Waals surface area (Å²) in [4.78, 5) is 11.4. The smallest absolute Gasteiger partial charge is 0.307 e. The summed E-state index contributed by atoms with van der Waals surface area (Å²) in [6.45, 7) is 0. The Morgan fingerprint density at radius 3 is 2.75 bits per heavy atom. The molecule has 0 bridgehead atoms. The highest BCUT2D eigenvalue weighted by Gasteiger charge is 2.21. The van der Waals surface area contributed by atoms with E-state index in [4.69, 9.17) is 4.74 Å². The van der Waals surface area contributed by atoms with E-state index in [0.717, 1.165) is 5.56 Å². The summed E-state index contributed by atoms with van der Waals surface area (Å²) >= 11 is 0. The van der Waals surface area contributed by atoms with E-state index < -0.39 is 11.9 Å². The minimum Gasteiger partial charge on any atom is -0.496 e. The molecule has 0 amide bonds. The van der Waals surface area contributed by atoms with Crippen LogP contribution in [0, 0.1) is 5.92 Å². The van der Waals surface area contributed by atoms with Crippen LogP contribution in [0.4, 0.5) is 0 Å². The van der Waals surface area contributed by atoms with Crippen LogP contribution in [0.15, 0.2) is 30.5 Å². The summed E-state index contributed by atoms with van der Waals surface area (Å²) in [7, 11) is 3.34. The van der Waals surface area contributed by atoms with Crippen LogP contribution in [0.1, 0.15) is 11.3 Å². The van der Waals surface area contributed by atoms with Crippen molar-refractivity contribution < 1.29 is 14.6 Å². The molecule has 2 rings (SSSR count). The Hall–Kier alpha value is -2.37. The van der Waals surface area contributed by atoms with E-state index in [2.05, 4.69) is 10.3 Å². The molecular weight excluding hydrogens is 258 g/mol. The van der Waals surface area contributed by atoms with Gasteiger partial charge in [0.1, 0.15) is 5.75 Å². The van der Waals surface area contributed by atoms with Crippen molar-refractivity contribution in [1.82, 2.24) is 15.0 Å². The van der Waals surface area contributed by atoms with Gasteiger partial charge in [-0.05, 0) is 18.1 Å². The van der Waals surface area contributed by atoms with Gasteiger partial charge in [0, 0.05) is 19.7 Å². The van der Waals surface area contributed by atoms with Crippen molar-refractivity contribution in [2.45, 2.75) is 12.8 Å². The Balaban J connectivity index is 2.15. The zero-order valence-corrected chi connectivity index (χ0v) is 11.5. The van der Waals surface area contributed by atoms with Gasteiger partial charge < -0.3 is 9.84 Å². The number of carboxylic acids is 1. The van der Waals surface area contributed by atoms with Gasteiger partial charge in [0.2, 0.25) is 0 Å². The Labute approximate surface area is 117 Å². The number of para-hydroxylation sites is 1. The molecule has 2 aromatic rings. The molecule has 0 radical (unpaired) electrons. The third kappa shape index (κ3) is 3.34. The van der Waals surface area contributed by atoms with Crippen LogP contribution in [-0.2, 0) is 24.7 Å². The highest BCUT2D eigenvalue weighted by molar-refractivity contribution is 5.71. The Bertz CT molecular complexity index is 595. The maximum Gasteiger partial charge on any atom is 0.307 e. The first kappa shape index (κ1) is 14.0. The first-order chi connectivity index (χ1) is 9.60. The molecule has 106 valence electrons. The molecule has 0 aliphatic heterocycles. The molecule has 1 unspecified atom stereocenters. The fourth-order valence-corrected chi connectivity index (χ4v) is 2.13. The number of aliphatic carboxylic acids is 1. The van der Waals surface area contributed by atoms with E-state index in [1.165, 1.54) is 0 Å². The number of aryl methyl sites for hydroxylation is 1. The second-order valence-electron chi connectivity index (χ2n) is 4.64. The molecule has 0 aliphatic carbocycles. The van der Waals surface area contributed by atoms with Gasteiger partial charge in [-0.3, -0.25) is 9.48 Å². The lowest BCUT2D eigenvalue weighted by Crippen LogP contribution is -2.19. The molecule has 0 saturated heterocycles. The van der Waals surface area contributed by atoms with Gasteiger partial charge in [-0.1, -0.05) is 23.4 Å². The normalized spacial score (nSPS) is 12.1. The average molecular weight is 275 g/mol. The van der Waals surface area contributed by atoms with Gasteiger partial charge in [0.25, 0.3) is 0 Å². The second-order valence-corrected chi connectivity index (χ2v) is 4.64. The summed E-state index contributed by atoms with van der Waals surface area (Å²) in [5, 5.41) is 17.1. The fraction of sp³-hybridized carbons (Fsp3) is 0.357. The molecule has 0 aliphatic rings. The summed E-state index contributed by atoms with van der Waals surface area (Å²) in [6, 6.07) is 7.45. The minimum absolute atomic E-state index is 0.348. The SMILES string of the molecule is COc1ccccc1CC(Cc1cn(C)nn1)C(=O)O. The number of methoxy groups -OCH3 is 1. The lowest BCUT2D eigenvalue weighted by Gasteiger charge is -2.13. The molecule has 1 N–H and O–H groups in total. The predicted molar refractivity (Wildman–Crippen MR) is 72.5 cm³/mol. The standard InChI is InChI=1S/C14H17N3O3/c1-17-9-12(15-16-17)8-11(14(18)19)7-10-5-3-4-6-13(10)20-2/h3-6,9,11H,7-8H2,1-2H3,(H,18,19). The van der Waals surface area contributed by atoms with Crippen molar-refractivity contribution in [2.24, 2.45) is 13.0 Å². The Morgan fingerprint density at radius 1 is 1.40 bits per heavy atom. The van der Waals surface area contributed by atoms with Gasteiger partial charge in [-0.25, -0.2) is 0 Å². The number of hydrogen-bond donors (Lipinski definition) is 1. The van der Waals surface area contributed by atoms with Gasteiger partial charge in [0.05, 0.1) is 18.7 Å². The molecule has 20 heavy (non-hydrogen) atoms. The van der Waals surface area contributed by atoms with Crippen molar-refractivity contribution in [3.8, 4) is 5.75 Å². The first-order valence-electron chi connectivity index (χ1n) is 6.30. The summed E-state index contributed by atoms with van der Waals surface area (Å²) in [5.41, 5.74) is 1.56. The molecule has 1 heterocycles. The zero-order chi connectivity index (χ0) is 14.5. The van der Waals surface area contributed by atoms with Gasteiger partial charge >= 0.3 is 5.97 Å². The van der Waals surface area contributed by atoms with Gasteiger partial charge in [-0.2, -0.15) is 0 Å². The van der Waals surface area contributed by atoms with Crippen molar-refractivity contribution >= 4 is 5.97 Å². The van der Waals surface area contributed by atoms with E-state index in [1.807, 2.05) is 24.3 Å². The number of hydrogen-bond acceptors (Lipinski definition) is 4. The van der Waals surface area contributed by atoms with Crippen molar-refractivity contribution in [3.63, 3.8) is 0 Å². The van der Waals surface area contributed by atoms with Crippen LogP contribution in [0.25, 0.3) is 0 Å². The predicted octanol–water partition coefficient (Wildman–Crippen LogP) is 1.31. The molecule has 0 spiro atoms. The number of nitrogens with zero attached hydrogens (tertiary/aromatic N) is 3. The number of ether oxygens (including phenoxy) is 1. The lowest BCUT2D eigenvalue weighted by molar-refractivity contribution is -0.141. The molecule has 0 fully saturated rings. The van der Waals surface area contributed by atoms with Crippen LogP contribution >= 0.6 is 0 Å². The maximum atomic E-state index is 11.4. The first-order valence-corrected chi connectivity index (χ1v) is 6.30. The molecule has 1 aromatic carbocycles. The van der Waals surface area contributed by atoms with E-state index in [0.29, 0.717) is 24.3 Å². The van der Waals surface area contributed by atoms with Crippen molar-refractivity contribution in [1.29, 1.82) is 0 Å². The Kier molecular flexibility index (Phi) is 4.34. The number of aromatic nitrogens is 3. The van der Waals surface area contributed by atoms with E-state index in [9.17, 15) is 9.90 Å². The summed E-state index contributed by atoms with van der Waals surface area (Å²) < 4.78 is 6.82. The molecule has 1 atom stereocenters. The minimum atomic E-state index is -0.846. The van der Waals surface area contributed by atoms with E-state index >= 15 is 0 Å². The summed E-state index contributed by atoms with van der Waals surface area (Å²) in [5.74, 6) is -0.692. The Morgan fingerprint density at radius 2 is 2.15 bits per heavy atom. The quantitative estimate of drug-likeness (QED) is 0.860. The molecular formula is C14H17N3O3. The average Bonchev–Trinajstić information content (AvgIpc) is 2.84. The number of rotatable bonds is 6. The van der Waals surface area contributed by atoms with E-state index in [1.54, 1.807) is 25.0 Å². The number of carbonyl (C=O) groups is 1. The molecule has 6 nitrogen and oxygen atoms in total. The molecule has 6 heteroatoms. The molecule has 1 aromatic heterocycles. The maximum absolute atomic E-state index is 11.4. The van der Waals surface area contributed by atoms with Crippen LogP contribution in [0.3, 0.4) is 0 Å². The van der Waals surface area contributed by atoms with Crippen LogP contribution in [0.2, 0.25) is 0 Å². The second kappa shape index (κ2) is 6.18. The monoisotopic (exact) mass is 275 g/mol. The van der Waals surface area contributed by atoms with Gasteiger partial charge in [0.15, 0.2) is 0 Å². The topological polar surface area (TPSA) is 77.2 Å². The van der Waals surface area contributed by atoms with E-state index in [-0.39, 0.29) is 0 Å². The third-order valence-corrected chi connectivity index (χ3v) is 3.11. The van der Waals surface area contributed by atoms with Gasteiger partial charge in [-0.15, -0.1) is 5.10 Å².